The van der Waals surface area contributed by atoms with Gasteiger partial charge in [0.2, 0.25) is 5.91 Å². The summed E-state index contributed by atoms with van der Waals surface area (Å²) in [5.41, 5.74) is 0.650. The molecule has 1 aromatic heterocycles. The van der Waals surface area contributed by atoms with Crippen molar-refractivity contribution in [2.24, 2.45) is 11.8 Å². The van der Waals surface area contributed by atoms with Gasteiger partial charge in [0, 0.05) is 35.6 Å². The molecular formula is C28H28ClFN4O3. The molecule has 0 radical (unpaired) electrons. The van der Waals surface area contributed by atoms with E-state index in [2.05, 4.69) is 10.6 Å². The van der Waals surface area contributed by atoms with E-state index < -0.39 is 17.8 Å². The van der Waals surface area contributed by atoms with Crippen LogP contribution in [0, 0.1) is 17.7 Å². The number of nitrogens with zero attached hydrogens (tertiary/aromatic N) is 2. The zero-order chi connectivity index (χ0) is 25.9. The molecule has 7 nitrogen and oxygen atoms in total. The van der Waals surface area contributed by atoms with Crippen LogP contribution in [-0.2, 0) is 4.79 Å². The number of likely N-dealkylation sites (tertiary alicyclic amines) is 1. The fourth-order valence-electron chi connectivity index (χ4n) is 5.44. The van der Waals surface area contributed by atoms with Crippen molar-refractivity contribution in [2.45, 2.75) is 38.1 Å². The molecule has 2 fully saturated rings. The minimum absolute atomic E-state index is 0.00144. The minimum atomic E-state index is -0.734. The highest BCUT2D eigenvalue weighted by Crippen LogP contribution is 2.39. The zero-order valence-electron chi connectivity index (χ0n) is 20.2. The highest BCUT2D eigenvalue weighted by molar-refractivity contribution is 6.30. The van der Waals surface area contributed by atoms with Crippen molar-refractivity contribution in [1.82, 2.24) is 9.47 Å². The monoisotopic (exact) mass is 522 g/mol. The average molecular weight is 523 g/mol. The van der Waals surface area contributed by atoms with Gasteiger partial charge in [-0.1, -0.05) is 36.9 Å². The number of benzene rings is 2. The van der Waals surface area contributed by atoms with Crippen LogP contribution in [0.3, 0.4) is 0 Å². The van der Waals surface area contributed by atoms with Gasteiger partial charge in [-0.15, -0.1) is 0 Å². The Bertz CT molecular complexity index is 1360. The fraction of sp³-hybridized carbons (Fsp3) is 0.321. The second kappa shape index (κ2) is 10.8. The van der Waals surface area contributed by atoms with E-state index in [1.165, 1.54) is 22.8 Å². The lowest BCUT2D eigenvalue weighted by atomic mass is 9.73. The molecule has 192 valence electrons. The molecule has 2 aliphatic rings. The lowest BCUT2D eigenvalue weighted by molar-refractivity contribution is -0.123. The van der Waals surface area contributed by atoms with Crippen LogP contribution in [0.1, 0.15) is 32.1 Å². The second-order valence-electron chi connectivity index (χ2n) is 9.71. The van der Waals surface area contributed by atoms with Crippen LogP contribution in [0.25, 0.3) is 5.69 Å². The summed E-state index contributed by atoms with van der Waals surface area (Å²) in [6, 6.07) is 14.6. The topological polar surface area (TPSA) is 83.4 Å². The van der Waals surface area contributed by atoms with E-state index >= 15 is 4.39 Å². The molecule has 2 heterocycles. The number of rotatable bonds is 4. The van der Waals surface area contributed by atoms with Gasteiger partial charge in [0.25, 0.3) is 5.56 Å². The number of halogens is 2. The Morgan fingerprint density at radius 3 is 2.43 bits per heavy atom. The first-order valence-electron chi connectivity index (χ1n) is 12.5. The molecule has 1 aliphatic carbocycles. The van der Waals surface area contributed by atoms with E-state index in [0.29, 0.717) is 41.2 Å². The van der Waals surface area contributed by atoms with Crippen LogP contribution in [0.2, 0.25) is 5.02 Å². The number of carbonyl (C=O) groups excluding carboxylic acids is 2. The van der Waals surface area contributed by atoms with Gasteiger partial charge in [-0.3, -0.25) is 14.2 Å². The summed E-state index contributed by atoms with van der Waals surface area (Å²) >= 11 is 5.96. The van der Waals surface area contributed by atoms with Crippen molar-refractivity contribution in [3.63, 3.8) is 0 Å². The van der Waals surface area contributed by atoms with Gasteiger partial charge in [-0.2, -0.15) is 0 Å². The van der Waals surface area contributed by atoms with Gasteiger partial charge < -0.3 is 15.5 Å². The SMILES string of the molecule is O=C(Nc1ccc(-n2ccccc2=O)cc1F)[C@H]1CC2CCCCC2CN1C(=O)Nc1ccc(Cl)cc1. The van der Waals surface area contributed by atoms with E-state index in [1.54, 1.807) is 53.6 Å². The standard InChI is InChI=1S/C28H28ClFN4O3/c29-20-8-10-21(11-9-20)31-28(37)34-17-19-6-2-1-5-18(19)15-25(34)27(36)32-24-13-12-22(16-23(24)30)33-14-4-3-7-26(33)35/h3-4,7-14,16,18-19,25H,1-2,5-6,15,17H2,(H,31,37)(H,32,36)/t18?,19?,25-/m1/s1. The number of hydrogen-bond acceptors (Lipinski definition) is 3. The van der Waals surface area contributed by atoms with Crippen LogP contribution in [0.15, 0.2) is 71.7 Å². The third-order valence-electron chi connectivity index (χ3n) is 7.37. The highest BCUT2D eigenvalue weighted by Gasteiger charge is 2.42. The molecule has 9 heteroatoms. The number of aromatic nitrogens is 1. The van der Waals surface area contributed by atoms with Crippen LogP contribution < -0.4 is 16.2 Å². The number of piperidine rings is 1. The van der Waals surface area contributed by atoms with Crippen molar-refractivity contribution in [3.8, 4) is 5.69 Å². The molecule has 5 rings (SSSR count). The van der Waals surface area contributed by atoms with Crippen molar-refractivity contribution in [1.29, 1.82) is 0 Å². The number of amides is 3. The predicted molar refractivity (Wildman–Crippen MR) is 142 cm³/mol. The number of hydrogen-bond donors (Lipinski definition) is 2. The molecule has 1 aliphatic heterocycles. The smallest absolute Gasteiger partial charge is 0.322 e. The van der Waals surface area contributed by atoms with E-state index in [4.69, 9.17) is 11.6 Å². The van der Waals surface area contributed by atoms with Crippen molar-refractivity contribution in [2.75, 3.05) is 17.2 Å². The molecule has 0 spiro atoms. The normalized spacial score (nSPS) is 21.1. The Kier molecular flexibility index (Phi) is 7.28. The van der Waals surface area contributed by atoms with Gasteiger partial charge in [0.05, 0.1) is 11.4 Å². The van der Waals surface area contributed by atoms with Crippen molar-refractivity contribution >= 4 is 34.9 Å². The first-order valence-corrected chi connectivity index (χ1v) is 12.9. The largest absolute Gasteiger partial charge is 0.322 e. The summed E-state index contributed by atoms with van der Waals surface area (Å²) in [6.07, 6.45) is 6.36. The van der Waals surface area contributed by atoms with Crippen LogP contribution in [0.5, 0.6) is 0 Å². The molecule has 1 saturated heterocycles. The lowest BCUT2D eigenvalue weighted by Crippen LogP contribution is -2.56. The fourth-order valence-corrected chi connectivity index (χ4v) is 5.57. The summed E-state index contributed by atoms with van der Waals surface area (Å²) in [5.74, 6) is -0.404. The molecule has 0 bridgehead atoms. The van der Waals surface area contributed by atoms with Crippen molar-refractivity contribution < 1.29 is 14.0 Å². The van der Waals surface area contributed by atoms with Crippen LogP contribution in [-0.4, -0.2) is 34.0 Å². The molecule has 3 atom stereocenters. The van der Waals surface area contributed by atoms with Gasteiger partial charge in [-0.05, 0) is 67.1 Å². The maximum atomic E-state index is 15.0. The van der Waals surface area contributed by atoms with E-state index in [9.17, 15) is 14.4 Å². The van der Waals surface area contributed by atoms with E-state index in [0.717, 1.165) is 25.7 Å². The van der Waals surface area contributed by atoms with E-state index in [1.807, 2.05) is 0 Å². The predicted octanol–water partition coefficient (Wildman–Crippen LogP) is 5.68. The third kappa shape index (κ3) is 5.54. The van der Waals surface area contributed by atoms with Crippen LogP contribution >= 0.6 is 11.6 Å². The third-order valence-corrected chi connectivity index (χ3v) is 7.62. The maximum Gasteiger partial charge on any atom is 0.322 e. The zero-order valence-corrected chi connectivity index (χ0v) is 21.0. The Morgan fingerprint density at radius 2 is 1.70 bits per heavy atom. The molecular weight excluding hydrogens is 495 g/mol. The quantitative estimate of drug-likeness (QED) is 0.462. The number of urea groups is 1. The molecule has 3 aromatic rings. The number of fused-ring (bicyclic) bond motifs is 1. The number of pyridine rings is 1. The maximum absolute atomic E-state index is 15.0. The average Bonchev–Trinajstić information content (AvgIpc) is 2.90. The van der Waals surface area contributed by atoms with Gasteiger partial charge >= 0.3 is 6.03 Å². The van der Waals surface area contributed by atoms with E-state index in [-0.39, 0.29) is 17.3 Å². The molecule has 2 N–H and O–H groups in total. The van der Waals surface area contributed by atoms with Crippen molar-refractivity contribution in [3.05, 3.63) is 88.1 Å². The molecule has 37 heavy (non-hydrogen) atoms. The number of anilines is 2. The second-order valence-corrected chi connectivity index (χ2v) is 10.1. The first kappa shape index (κ1) is 25.0. The molecule has 3 amide bonds. The van der Waals surface area contributed by atoms with Gasteiger partial charge in [0.15, 0.2) is 0 Å². The Balaban J connectivity index is 1.36. The molecule has 1 saturated carbocycles. The summed E-state index contributed by atoms with van der Waals surface area (Å²) in [7, 11) is 0. The number of carbonyl (C=O) groups is 2. The summed E-state index contributed by atoms with van der Waals surface area (Å²) < 4.78 is 16.3. The first-order chi connectivity index (χ1) is 17.9. The summed E-state index contributed by atoms with van der Waals surface area (Å²) in [4.78, 5) is 40.4. The van der Waals surface area contributed by atoms with Gasteiger partial charge in [0.1, 0.15) is 11.9 Å². The van der Waals surface area contributed by atoms with Crippen LogP contribution in [0.4, 0.5) is 20.6 Å². The Morgan fingerprint density at radius 1 is 0.946 bits per heavy atom. The molecule has 2 aromatic carbocycles. The molecule has 2 unspecified atom stereocenters. The minimum Gasteiger partial charge on any atom is -0.322 e. The summed E-state index contributed by atoms with van der Waals surface area (Å²) in [6.45, 7) is 0.473. The highest BCUT2D eigenvalue weighted by atomic mass is 35.5. The Hall–Kier alpha value is -3.65. The Labute approximate surface area is 219 Å². The summed E-state index contributed by atoms with van der Waals surface area (Å²) in [5, 5.41) is 6.11. The number of nitrogens with one attached hydrogen (secondary N) is 2. The van der Waals surface area contributed by atoms with Gasteiger partial charge in [-0.25, -0.2) is 9.18 Å². The lowest BCUT2D eigenvalue weighted by Gasteiger charge is -2.45.